The highest BCUT2D eigenvalue weighted by molar-refractivity contribution is 7.98. The van der Waals surface area contributed by atoms with Crippen molar-refractivity contribution in [3.63, 3.8) is 0 Å². The molecule has 0 amide bonds. The highest BCUT2D eigenvalue weighted by Gasteiger charge is 2.18. The van der Waals surface area contributed by atoms with Gasteiger partial charge in [-0.05, 0) is 32.9 Å². The largest absolute Gasteiger partial charge is 0.315 e. The van der Waals surface area contributed by atoms with Crippen molar-refractivity contribution in [2.75, 3.05) is 31.9 Å². The van der Waals surface area contributed by atoms with Gasteiger partial charge in [-0.1, -0.05) is 37.3 Å². The summed E-state index contributed by atoms with van der Waals surface area (Å²) in [6, 6.07) is 10.7. The fraction of sp³-hybridized carbons (Fsp3) is 0.647. The first kappa shape index (κ1) is 17.5. The van der Waals surface area contributed by atoms with Crippen LogP contribution in [0.4, 0.5) is 0 Å². The second kappa shape index (κ2) is 9.43. The van der Waals surface area contributed by atoms with Crippen molar-refractivity contribution in [2.24, 2.45) is 0 Å². The molecular weight excluding hydrogens is 264 g/mol. The number of likely N-dealkylation sites (N-methyl/N-ethyl adjacent to an activating group) is 1. The van der Waals surface area contributed by atoms with Gasteiger partial charge in [-0.2, -0.15) is 11.8 Å². The number of hydrogen-bond donors (Lipinski definition) is 1. The van der Waals surface area contributed by atoms with Crippen LogP contribution in [-0.2, 0) is 5.75 Å². The Balaban J connectivity index is 2.02. The summed E-state index contributed by atoms with van der Waals surface area (Å²) < 4.78 is 0. The number of hydrogen-bond acceptors (Lipinski definition) is 3. The second-order valence-electron chi connectivity index (χ2n) is 6.04. The van der Waals surface area contributed by atoms with Crippen LogP contribution in [0.3, 0.4) is 0 Å². The van der Waals surface area contributed by atoms with E-state index in [-0.39, 0.29) is 5.54 Å². The molecule has 0 saturated heterocycles. The number of benzene rings is 1. The monoisotopic (exact) mass is 294 g/mol. The molecule has 1 N–H and O–H groups in total. The van der Waals surface area contributed by atoms with Gasteiger partial charge in [-0.25, -0.2) is 0 Å². The Bertz CT molecular complexity index is 346. The lowest BCUT2D eigenvalue weighted by atomic mass is 10.1. The van der Waals surface area contributed by atoms with Crippen molar-refractivity contribution in [3.05, 3.63) is 35.9 Å². The van der Waals surface area contributed by atoms with E-state index < -0.39 is 0 Å². The van der Waals surface area contributed by atoms with Crippen LogP contribution in [0.25, 0.3) is 0 Å². The Hall–Kier alpha value is -0.510. The molecule has 0 aliphatic rings. The molecule has 0 unspecified atom stereocenters. The zero-order valence-electron chi connectivity index (χ0n) is 13.5. The Morgan fingerprint density at radius 3 is 2.40 bits per heavy atom. The van der Waals surface area contributed by atoms with Crippen LogP contribution in [0.2, 0.25) is 0 Å². The van der Waals surface area contributed by atoms with E-state index in [1.54, 1.807) is 0 Å². The molecule has 2 nitrogen and oxygen atoms in total. The molecule has 0 aliphatic heterocycles. The molecule has 3 heteroatoms. The molecule has 0 radical (unpaired) electrons. The van der Waals surface area contributed by atoms with Crippen LogP contribution in [0.1, 0.15) is 33.3 Å². The van der Waals surface area contributed by atoms with E-state index in [0.29, 0.717) is 0 Å². The van der Waals surface area contributed by atoms with Crippen molar-refractivity contribution in [1.82, 2.24) is 10.2 Å². The summed E-state index contributed by atoms with van der Waals surface area (Å²) in [5, 5.41) is 3.55. The van der Waals surface area contributed by atoms with Gasteiger partial charge < -0.3 is 5.32 Å². The summed E-state index contributed by atoms with van der Waals surface area (Å²) in [6.45, 7) is 13.5. The zero-order chi connectivity index (χ0) is 14.8. The van der Waals surface area contributed by atoms with E-state index in [4.69, 9.17) is 0 Å². The van der Waals surface area contributed by atoms with Crippen LogP contribution in [-0.4, -0.2) is 42.4 Å². The molecule has 1 aromatic carbocycles. The molecular formula is C17H30N2S. The standard InChI is InChI=1S/C17H30N2S/c1-5-19(17(2,3)4)13-11-18-12-14-20-15-16-9-7-6-8-10-16/h6-10,18H,5,11-15H2,1-4H3. The number of nitrogens with zero attached hydrogens (tertiary/aromatic N) is 1. The first-order chi connectivity index (χ1) is 9.54. The molecule has 0 spiro atoms. The number of rotatable bonds is 9. The average molecular weight is 295 g/mol. The molecule has 0 atom stereocenters. The van der Waals surface area contributed by atoms with Crippen molar-refractivity contribution >= 4 is 11.8 Å². The van der Waals surface area contributed by atoms with Crippen molar-refractivity contribution in [2.45, 2.75) is 39.0 Å². The fourth-order valence-corrected chi connectivity index (χ4v) is 3.08. The topological polar surface area (TPSA) is 15.3 Å². The van der Waals surface area contributed by atoms with Gasteiger partial charge in [0.25, 0.3) is 0 Å². The molecule has 114 valence electrons. The van der Waals surface area contributed by atoms with Crippen LogP contribution < -0.4 is 5.32 Å². The zero-order valence-corrected chi connectivity index (χ0v) is 14.3. The molecule has 0 heterocycles. The minimum Gasteiger partial charge on any atom is -0.315 e. The van der Waals surface area contributed by atoms with E-state index in [1.165, 1.54) is 11.3 Å². The minimum absolute atomic E-state index is 0.276. The quantitative estimate of drug-likeness (QED) is 0.700. The van der Waals surface area contributed by atoms with Crippen molar-refractivity contribution < 1.29 is 0 Å². The van der Waals surface area contributed by atoms with Crippen molar-refractivity contribution in [3.8, 4) is 0 Å². The van der Waals surface area contributed by atoms with Gasteiger partial charge in [-0.3, -0.25) is 4.90 Å². The third-order valence-corrected chi connectivity index (χ3v) is 4.45. The fourth-order valence-electron chi connectivity index (χ4n) is 2.22. The predicted molar refractivity (Wildman–Crippen MR) is 92.5 cm³/mol. The highest BCUT2D eigenvalue weighted by atomic mass is 32.2. The number of nitrogens with one attached hydrogen (secondary N) is 1. The SMILES string of the molecule is CCN(CCNCCSCc1ccccc1)C(C)(C)C. The van der Waals surface area contributed by atoms with Crippen LogP contribution in [0, 0.1) is 0 Å². The Morgan fingerprint density at radius 2 is 1.80 bits per heavy atom. The Kier molecular flexibility index (Phi) is 8.27. The maximum Gasteiger partial charge on any atom is 0.0185 e. The van der Waals surface area contributed by atoms with Crippen molar-refractivity contribution in [1.29, 1.82) is 0 Å². The second-order valence-corrected chi connectivity index (χ2v) is 7.14. The van der Waals surface area contributed by atoms with E-state index in [1.807, 2.05) is 11.8 Å². The minimum atomic E-state index is 0.276. The summed E-state index contributed by atoms with van der Waals surface area (Å²) >= 11 is 2.00. The van der Waals surface area contributed by atoms with Gasteiger partial charge in [0.05, 0.1) is 0 Å². The molecule has 0 saturated carbocycles. The van der Waals surface area contributed by atoms with Gasteiger partial charge >= 0.3 is 0 Å². The number of thioether (sulfide) groups is 1. The van der Waals surface area contributed by atoms with Crippen LogP contribution >= 0.6 is 11.8 Å². The van der Waals surface area contributed by atoms with Gasteiger partial charge in [0.1, 0.15) is 0 Å². The first-order valence-corrected chi connectivity index (χ1v) is 8.77. The lowest BCUT2D eigenvalue weighted by molar-refractivity contribution is 0.146. The Morgan fingerprint density at radius 1 is 1.10 bits per heavy atom. The maximum atomic E-state index is 3.55. The first-order valence-electron chi connectivity index (χ1n) is 7.61. The third-order valence-electron chi connectivity index (χ3n) is 3.42. The molecule has 1 rings (SSSR count). The van der Waals surface area contributed by atoms with Crippen LogP contribution in [0.15, 0.2) is 30.3 Å². The molecule has 1 aromatic rings. The summed E-state index contributed by atoms with van der Waals surface area (Å²) in [5.41, 5.74) is 1.70. The van der Waals surface area contributed by atoms with Gasteiger partial charge in [0, 0.05) is 36.7 Å². The predicted octanol–water partition coefficient (Wildman–Crippen LogP) is 3.63. The summed E-state index contributed by atoms with van der Waals surface area (Å²) in [4.78, 5) is 2.51. The summed E-state index contributed by atoms with van der Waals surface area (Å²) in [7, 11) is 0. The Labute approximate surface area is 129 Å². The molecule has 0 aliphatic carbocycles. The van der Waals surface area contributed by atoms with Crippen LogP contribution in [0.5, 0.6) is 0 Å². The normalized spacial score (nSPS) is 12.1. The maximum absolute atomic E-state index is 3.55. The van der Waals surface area contributed by atoms with E-state index in [0.717, 1.165) is 31.9 Å². The summed E-state index contributed by atoms with van der Waals surface area (Å²) in [5.74, 6) is 2.29. The summed E-state index contributed by atoms with van der Waals surface area (Å²) in [6.07, 6.45) is 0. The molecule has 0 bridgehead atoms. The van der Waals surface area contributed by atoms with E-state index in [9.17, 15) is 0 Å². The smallest absolute Gasteiger partial charge is 0.0185 e. The van der Waals surface area contributed by atoms with E-state index >= 15 is 0 Å². The van der Waals surface area contributed by atoms with Gasteiger partial charge in [0.2, 0.25) is 0 Å². The average Bonchev–Trinajstić information content (AvgIpc) is 2.41. The van der Waals surface area contributed by atoms with E-state index in [2.05, 4.69) is 68.2 Å². The molecule has 0 aromatic heterocycles. The lowest BCUT2D eigenvalue weighted by Gasteiger charge is -2.34. The van der Waals surface area contributed by atoms with Gasteiger partial charge in [0.15, 0.2) is 0 Å². The highest BCUT2D eigenvalue weighted by Crippen LogP contribution is 2.12. The molecule has 20 heavy (non-hydrogen) atoms. The third kappa shape index (κ3) is 7.32. The van der Waals surface area contributed by atoms with Gasteiger partial charge in [-0.15, -0.1) is 0 Å². The molecule has 0 fully saturated rings. The lowest BCUT2D eigenvalue weighted by Crippen LogP contribution is -2.44.